The summed E-state index contributed by atoms with van der Waals surface area (Å²) in [5.41, 5.74) is 2.12. The van der Waals surface area contributed by atoms with Crippen LogP contribution in [0.3, 0.4) is 0 Å². The van der Waals surface area contributed by atoms with E-state index in [0.29, 0.717) is 0 Å². The summed E-state index contributed by atoms with van der Waals surface area (Å²) in [5.74, 6) is 1.28. The predicted octanol–water partition coefficient (Wildman–Crippen LogP) is 2.63. The van der Waals surface area contributed by atoms with E-state index in [0.717, 1.165) is 44.0 Å². The average molecular weight is 344 g/mol. The van der Waals surface area contributed by atoms with Crippen LogP contribution in [0.25, 0.3) is 0 Å². The standard InChI is InChI=1S/C18H24N4OS/c23-18(15-5-11-24-14-15)21-8-4-17-19-12-16(22(17)10-9-21)13-20-6-2-1-3-7-20/h5,11-12,14H,1-4,6-10,13H2. The Bertz CT molecular complexity index is 688. The number of carbonyl (C=O) groups excluding carboxylic acids is 1. The molecule has 2 aromatic heterocycles. The molecule has 24 heavy (non-hydrogen) atoms. The van der Waals surface area contributed by atoms with Crippen molar-refractivity contribution < 1.29 is 4.79 Å². The van der Waals surface area contributed by atoms with E-state index in [1.165, 1.54) is 38.0 Å². The third kappa shape index (κ3) is 3.26. The van der Waals surface area contributed by atoms with E-state index in [-0.39, 0.29) is 5.91 Å². The number of imidazole rings is 1. The first-order valence-corrected chi connectivity index (χ1v) is 9.82. The summed E-state index contributed by atoms with van der Waals surface area (Å²) in [4.78, 5) is 21.7. The second kappa shape index (κ2) is 7.07. The largest absolute Gasteiger partial charge is 0.336 e. The zero-order valence-electron chi connectivity index (χ0n) is 14.0. The van der Waals surface area contributed by atoms with E-state index >= 15 is 0 Å². The molecule has 1 amide bonds. The number of aromatic nitrogens is 2. The molecule has 1 saturated heterocycles. The number of hydrogen-bond donors (Lipinski definition) is 0. The Balaban J connectivity index is 1.44. The molecule has 5 nitrogen and oxygen atoms in total. The molecule has 0 aromatic carbocycles. The summed E-state index contributed by atoms with van der Waals surface area (Å²) in [5, 5.41) is 3.90. The van der Waals surface area contributed by atoms with Crippen molar-refractivity contribution in [3.63, 3.8) is 0 Å². The molecule has 0 spiro atoms. The van der Waals surface area contributed by atoms with Gasteiger partial charge in [0.05, 0.1) is 11.3 Å². The lowest BCUT2D eigenvalue weighted by Crippen LogP contribution is -2.33. The molecule has 1 fully saturated rings. The minimum Gasteiger partial charge on any atom is -0.336 e. The Morgan fingerprint density at radius 1 is 1.12 bits per heavy atom. The summed E-state index contributed by atoms with van der Waals surface area (Å²) in [6.07, 6.45) is 6.87. The Morgan fingerprint density at radius 2 is 2.00 bits per heavy atom. The number of hydrogen-bond acceptors (Lipinski definition) is 4. The van der Waals surface area contributed by atoms with Crippen molar-refractivity contribution >= 4 is 17.2 Å². The van der Waals surface area contributed by atoms with Crippen LogP contribution in [0.2, 0.25) is 0 Å². The fourth-order valence-electron chi connectivity index (χ4n) is 3.74. The van der Waals surface area contributed by atoms with Gasteiger partial charge >= 0.3 is 0 Å². The lowest BCUT2D eigenvalue weighted by Gasteiger charge is -2.26. The average Bonchev–Trinajstić information content (AvgIpc) is 3.22. The van der Waals surface area contributed by atoms with E-state index in [1.807, 2.05) is 27.9 Å². The van der Waals surface area contributed by atoms with Gasteiger partial charge in [-0.25, -0.2) is 4.98 Å². The predicted molar refractivity (Wildman–Crippen MR) is 95.3 cm³/mol. The Kier molecular flexibility index (Phi) is 4.67. The highest BCUT2D eigenvalue weighted by molar-refractivity contribution is 7.08. The van der Waals surface area contributed by atoms with E-state index in [1.54, 1.807) is 11.3 Å². The topological polar surface area (TPSA) is 41.4 Å². The van der Waals surface area contributed by atoms with E-state index < -0.39 is 0 Å². The fraction of sp³-hybridized carbons (Fsp3) is 0.556. The first kappa shape index (κ1) is 15.8. The molecule has 0 saturated carbocycles. The Morgan fingerprint density at radius 3 is 2.79 bits per heavy atom. The van der Waals surface area contributed by atoms with Gasteiger partial charge in [-0.3, -0.25) is 9.69 Å². The molecule has 128 valence electrons. The minimum atomic E-state index is 0.152. The van der Waals surface area contributed by atoms with Crippen molar-refractivity contribution in [2.24, 2.45) is 0 Å². The quantitative estimate of drug-likeness (QED) is 0.859. The number of rotatable bonds is 3. The van der Waals surface area contributed by atoms with E-state index in [9.17, 15) is 4.79 Å². The number of amides is 1. The zero-order valence-corrected chi connectivity index (χ0v) is 14.8. The van der Waals surface area contributed by atoms with E-state index in [2.05, 4.69) is 14.5 Å². The van der Waals surface area contributed by atoms with Gasteiger partial charge in [-0.15, -0.1) is 0 Å². The lowest BCUT2D eigenvalue weighted by molar-refractivity contribution is 0.0759. The van der Waals surface area contributed by atoms with Crippen molar-refractivity contribution in [3.8, 4) is 0 Å². The van der Waals surface area contributed by atoms with Gasteiger partial charge in [-0.05, 0) is 37.4 Å². The van der Waals surface area contributed by atoms with Crippen LogP contribution < -0.4 is 0 Å². The van der Waals surface area contributed by atoms with Crippen LogP contribution in [0.4, 0.5) is 0 Å². The molecule has 2 aromatic rings. The van der Waals surface area contributed by atoms with Gasteiger partial charge < -0.3 is 9.47 Å². The summed E-state index contributed by atoms with van der Waals surface area (Å²) in [6, 6.07) is 1.91. The summed E-state index contributed by atoms with van der Waals surface area (Å²) in [6.45, 7) is 5.77. The first-order chi connectivity index (χ1) is 11.8. The molecule has 0 aliphatic carbocycles. The highest BCUT2D eigenvalue weighted by atomic mass is 32.1. The molecular weight excluding hydrogens is 320 g/mol. The minimum absolute atomic E-state index is 0.152. The third-order valence-corrected chi connectivity index (χ3v) is 5.79. The van der Waals surface area contributed by atoms with Crippen LogP contribution in [0.5, 0.6) is 0 Å². The van der Waals surface area contributed by atoms with Crippen molar-refractivity contribution in [1.29, 1.82) is 0 Å². The summed E-state index contributed by atoms with van der Waals surface area (Å²) >= 11 is 1.58. The van der Waals surface area contributed by atoms with Crippen LogP contribution in [-0.4, -0.2) is 51.4 Å². The van der Waals surface area contributed by atoms with Crippen molar-refractivity contribution in [3.05, 3.63) is 40.1 Å². The molecule has 4 rings (SSSR count). The van der Waals surface area contributed by atoms with Crippen LogP contribution in [0.15, 0.2) is 23.0 Å². The van der Waals surface area contributed by atoms with Crippen molar-refractivity contribution in [1.82, 2.24) is 19.4 Å². The van der Waals surface area contributed by atoms with Gasteiger partial charge in [-0.1, -0.05) is 6.42 Å². The number of thiophene rings is 1. The van der Waals surface area contributed by atoms with Crippen molar-refractivity contribution in [2.75, 3.05) is 26.2 Å². The van der Waals surface area contributed by atoms with Crippen molar-refractivity contribution in [2.45, 2.75) is 38.8 Å². The Labute approximate surface area is 146 Å². The van der Waals surface area contributed by atoms with Gasteiger partial charge in [0.1, 0.15) is 5.82 Å². The van der Waals surface area contributed by atoms with Crippen LogP contribution in [0, 0.1) is 0 Å². The monoisotopic (exact) mass is 344 g/mol. The zero-order chi connectivity index (χ0) is 16.4. The van der Waals surface area contributed by atoms with Gasteiger partial charge in [0.25, 0.3) is 5.91 Å². The number of piperidine rings is 1. The second-order valence-electron chi connectivity index (χ2n) is 6.71. The summed E-state index contributed by atoms with van der Waals surface area (Å²) in [7, 11) is 0. The number of carbonyl (C=O) groups is 1. The molecule has 4 heterocycles. The van der Waals surface area contributed by atoms with Gasteiger partial charge in [-0.2, -0.15) is 11.3 Å². The number of nitrogens with zero attached hydrogens (tertiary/aromatic N) is 4. The molecule has 0 unspecified atom stereocenters. The molecule has 2 aliphatic heterocycles. The van der Waals surface area contributed by atoms with Crippen LogP contribution in [-0.2, 0) is 19.5 Å². The van der Waals surface area contributed by atoms with Crippen LogP contribution >= 0.6 is 11.3 Å². The maximum atomic E-state index is 12.6. The maximum absolute atomic E-state index is 12.6. The molecular formula is C18H24N4OS. The third-order valence-electron chi connectivity index (χ3n) is 5.11. The van der Waals surface area contributed by atoms with Crippen LogP contribution in [0.1, 0.15) is 41.1 Å². The first-order valence-electron chi connectivity index (χ1n) is 8.88. The fourth-order valence-corrected chi connectivity index (χ4v) is 4.37. The molecule has 0 atom stereocenters. The number of fused-ring (bicyclic) bond motifs is 1. The Hall–Kier alpha value is -1.66. The normalized spacial score (nSPS) is 19.1. The molecule has 0 bridgehead atoms. The second-order valence-corrected chi connectivity index (χ2v) is 7.49. The smallest absolute Gasteiger partial charge is 0.254 e. The highest BCUT2D eigenvalue weighted by Crippen LogP contribution is 2.18. The van der Waals surface area contributed by atoms with Gasteiger partial charge in [0.2, 0.25) is 0 Å². The van der Waals surface area contributed by atoms with Gasteiger partial charge in [0, 0.05) is 44.2 Å². The molecule has 0 radical (unpaired) electrons. The van der Waals surface area contributed by atoms with Gasteiger partial charge in [0.15, 0.2) is 0 Å². The number of likely N-dealkylation sites (tertiary alicyclic amines) is 1. The highest BCUT2D eigenvalue weighted by Gasteiger charge is 2.22. The maximum Gasteiger partial charge on any atom is 0.254 e. The molecule has 6 heteroatoms. The molecule has 0 N–H and O–H groups in total. The lowest BCUT2D eigenvalue weighted by atomic mass is 10.1. The van der Waals surface area contributed by atoms with E-state index in [4.69, 9.17) is 0 Å². The SMILES string of the molecule is O=C(c1ccsc1)N1CCc2ncc(CN3CCCCC3)n2CC1. The summed E-state index contributed by atoms with van der Waals surface area (Å²) < 4.78 is 2.34. The molecule has 2 aliphatic rings.